The van der Waals surface area contributed by atoms with Gasteiger partial charge in [0.1, 0.15) is 11.6 Å². The second-order valence-electron chi connectivity index (χ2n) is 3.07. The van der Waals surface area contributed by atoms with Gasteiger partial charge in [0.25, 0.3) is 0 Å². The molecule has 1 aromatic carbocycles. The van der Waals surface area contributed by atoms with Gasteiger partial charge in [0.15, 0.2) is 0 Å². The molecular weight excluding hydrogens is 252 g/mol. The highest BCUT2D eigenvalue weighted by atomic mass is 32.2. The van der Waals surface area contributed by atoms with Gasteiger partial charge >= 0.3 is 15.4 Å². The average Bonchev–Trinajstić information content (AvgIpc) is 1.97. The highest BCUT2D eigenvalue weighted by molar-refractivity contribution is 7.86. The molecule has 0 heterocycles. The molecule has 0 aliphatic heterocycles. The van der Waals surface area contributed by atoms with Crippen molar-refractivity contribution in [2.45, 2.75) is 11.7 Å². The van der Waals surface area contributed by atoms with Gasteiger partial charge in [-0.05, 0) is 17.7 Å². The highest BCUT2D eigenvalue weighted by Gasteiger charge is 2.44. The summed E-state index contributed by atoms with van der Waals surface area (Å²) in [5.74, 6) is -2.22. The van der Waals surface area contributed by atoms with Gasteiger partial charge in [0, 0.05) is 6.07 Å². The number of alkyl halides is 2. The van der Waals surface area contributed by atoms with E-state index in [1.807, 2.05) is 0 Å². The Morgan fingerprint density at radius 2 is 1.56 bits per heavy atom. The minimum absolute atomic E-state index is 0.453. The Kier molecular flexibility index (Phi) is 3.25. The first-order valence-electron chi connectivity index (χ1n) is 3.92. The summed E-state index contributed by atoms with van der Waals surface area (Å²) in [6.07, 6.45) is -1.50. The first kappa shape index (κ1) is 12.9. The molecule has 0 fully saturated rings. The van der Waals surface area contributed by atoms with Crippen LogP contribution in [0.15, 0.2) is 18.2 Å². The Hall–Kier alpha value is -1.15. The van der Waals surface area contributed by atoms with Crippen LogP contribution in [-0.2, 0) is 16.5 Å². The van der Waals surface area contributed by atoms with Crippen LogP contribution in [0.2, 0.25) is 0 Å². The van der Waals surface area contributed by atoms with Gasteiger partial charge in [0.05, 0.1) is 6.42 Å². The maximum Gasteiger partial charge on any atom is 0.373 e. The summed E-state index contributed by atoms with van der Waals surface area (Å²) in [7, 11) is -5.60. The van der Waals surface area contributed by atoms with E-state index < -0.39 is 39.0 Å². The summed E-state index contributed by atoms with van der Waals surface area (Å²) in [6.45, 7) is 0. The van der Waals surface area contributed by atoms with E-state index in [1.54, 1.807) is 0 Å². The smallest absolute Gasteiger partial charge is 0.281 e. The Bertz CT molecular complexity index is 478. The molecular formula is C8H6F4O3S. The Morgan fingerprint density at radius 1 is 1.12 bits per heavy atom. The van der Waals surface area contributed by atoms with Crippen molar-refractivity contribution in [3.63, 3.8) is 0 Å². The van der Waals surface area contributed by atoms with Gasteiger partial charge in [-0.1, -0.05) is 0 Å². The summed E-state index contributed by atoms with van der Waals surface area (Å²) >= 11 is 0. The summed E-state index contributed by atoms with van der Waals surface area (Å²) < 4.78 is 79.5. The molecule has 0 aromatic heterocycles. The van der Waals surface area contributed by atoms with E-state index >= 15 is 0 Å². The zero-order chi connectivity index (χ0) is 12.6. The molecule has 90 valence electrons. The van der Waals surface area contributed by atoms with Crippen molar-refractivity contribution >= 4 is 10.1 Å². The topological polar surface area (TPSA) is 54.4 Å². The molecule has 0 atom stereocenters. The van der Waals surface area contributed by atoms with E-state index in [0.29, 0.717) is 18.2 Å². The van der Waals surface area contributed by atoms with Crippen molar-refractivity contribution in [2.24, 2.45) is 0 Å². The molecule has 1 aromatic rings. The summed E-state index contributed by atoms with van der Waals surface area (Å²) in [5.41, 5.74) is -0.569. The van der Waals surface area contributed by atoms with Crippen molar-refractivity contribution in [2.75, 3.05) is 0 Å². The standard InChI is InChI=1S/C8H6F4O3S/c9-6-1-5(2-7(10)3-6)4-8(11,12)16(13,14)15/h1-3H,4H2,(H,13,14,15). The van der Waals surface area contributed by atoms with Crippen molar-refractivity contribution < 1.29 is 30.5 Å². The molecule has 0 amide bonds. The van der Waals surface area contributed by atoms with Crippen molar-refractivity contribution in [1.82, 2.24) is 0 Å². The predicted octanol–water partition coefficient (Wildman–Crippen LogP) is 1.99. The van der Waals surface area contributed by atoms with Crippen molar-refractivity contribution in [3.8, 4) is 0 Å². The molecule has 0 spiro atoms. The van der Waals surface area contributed by atoms with Gasteiger partial charge in [-0.25, -0.2) is 8.78 Å². The quantitative estimate of drug-likeness (QED) is 0.666. The molecule has 16 heavy (non-hydrogen) atoms. The fraction of sp³-hybridized carbons (Fsp3) is 0.250. The normalized spacial score (nSPS) is 12.8. The lowest BCUT2D eigenvalue weighted by Gasteiger charge is -2.12. The third kappa shape index (κ3) is 2.92. The van der Waals surface area contributed by atoms with E-state index in [0.717, 1.165) is 0 Å². The average molecular weight is 258 g/mol. The van der Waals surface area contributed by atoms with Crippen LogP contribution in [0.4, 0.5) is 17.6 Å². The number of benzene rings is 1. The van der Waals surface area contributed by atoms with Crippen LogP contribution in [0.1, 0.15) is 5.56 Å². The lowest BCUT2D eigenvalue weighted by atomic mass is 10.1. The summed E-state index contributed by atoms with van der Waals surface area (Å²) in [6, 6.07) is 1.57. The van der Waals surface area contributed by atoms with Crippen LogP contribution in [0.5, 0.6) is 0 Å². The number of halogens is 4. The maximum absolute atomic E-state index is 12.8. The first-order chi connectivity index (χ1) is 7.12. The van der Waals surface area contributed by atoms with Crippen molar-refractivity contribution in [1.29, 1.82) is 0 Å². The molecule has 0 saturated heterocycles. The first-order valence-corrected chi connectivity index (χ1v) is 5.36. The van der Waals surface area contributed by atoms with Crippen molar-refractivity contribution in [3.05, 3.63) is 35.4 Å². The van der Waals surface area contributed by atoms with E-state index in [4.69, 9.17) is 4.55 Å². The van der Waals surface area contributed by atoms with Gasteiger partial charge in [-0.2, -0.15) is 17.2 Å². The van der Waals surface area contributed by atoms with Gasteiger partial charge in [0.2, 0.25) is 0 Å². The minimum Gasteiger partial charge on any atom is -0.281 e. The zero-order valence-corrected chi connectivity index (χ0v) is 8.44. The Balaban J connectivity index is 3.06. The number of hydrogen-bond donors (Lipinski definition) is 1. The maximum atomic E-state index is 12.8. The monoisotopic (exact) mass is 258 g/mol. The fourth-order valence-electron chi connectivity index (χ4n) is 1.04. The zero-order valence-electron chi connectivity index (χ0n) is 7.62. The van der Waals surface area contributed by atoms with Crippen LogP contribution in [-0.4, -0.2) is 18.2 Å². The van der Waals surface area contributed by atoms with Crippen LogP contribution in [0, 0.1) is 11.6 Å². The molecule has 3 nitrogen and oxygen atoms in total. The lowest BCUT2D eigenvalue weighted by molar-refractivity contribution is 0.0811. The Morgan fingerprint density at radius 3 is 1.94 bits per heavy atom. The van der Waals surface area contributed by atoms with Gasteiger partial charge in [-0.3, -0.25) is 4.55 Å². The third-order valence-corrected chi connectivity index (χ3v) is 2.61. The molecule has 0 aliphatic carbocycles. The minimum atomic E-state index is -5.60. The highest BCUT2D eigenvalue weighted by Crippen LogP contribution is 2.26. The molecule has 0 unspecified atom stereocenters. The van der Waals surface area contributed by atoms with E-state index in [-0.39, 0.29) is 0 Å². The van der Waals surface area contributed by atoms with E-state index in [1.165, 1.54) is 0 Å². The predicted molar refractivity (Wildman–Crippen MR) is 46.6 cm³/mol. The molecule has 0 bridgehead atoms. The molecule has 1 rings (SSSR count). The lowest BCUT2D eigenvalue weighted by Crippen LogP contribution is -2.30. The van der Waals surface area contributed by atoms with Crippen LogP contribution in [0.25, 0.3) is 0 Å². The summed E-state index contributed by atoms with van der Waals surface area (Å²) in [4.78, 5) is 0. The number of hydrogen-bond acceptors (Lipinski definition) is 2. The third-order valence-electron chi connectivity index (χ3n) is 1.71. The Labute approximate surface area is 88.5 Å². The van der Waals surface area contributed by atoms with E-state index in [9.17, 15) is 26.0 Å². The van der Waals surface area contributed by atoms with Gasteiger partial charge < -0.3 is 0 Å². The fourth-order valence-corrected chi connectivity index (χ4v) is 1.39. The molecule has 0 aliphatic rings. The SMILES string of the molecule is O=S(=O)(O)C(F)(F)Cc1cc(F)cc(F)c1. The van der Waals surface area contributed by atoms with Gasteiger partial charge in [-0.15, -0.1) is 0 Å². The van der Waals surface area contributed by atoms with Crippen LogP contribution >= 0.6 is 0 Å². The van der Waals surface area contributed by atoms with Crippen LogP contribution < -0.4 is 0 Å². The molecule has 0 saturated carbocycles. The largest absolute Gasteiger partial charge is 0.373 e. The molecule has 8 heteroatoms. The van der Waals surface area contributed by atoms with Crippen LogP contribution in [0.3, 0.4) is 0 Å². The molecule has 0 radical (unpaired) electrons. The van der Waals surface area contributed by atoms with E-state index in [2.05, 4.69) is 0 Å². The second kappa shape index (κ2) is 4.02. The molecule has 1 N–H and O–H groups in total. The second-order valence-corrected chi connectivity index (χ2v) is 4.61. The summed E-state index contributed by atoms with van der Waals surface area (Å²) in [5, 5.41) is -4.48. The number of rotatable bonds is 3.